The minimum atomic E-state index is -0.356. The summed E-state index contributed by atoms with van der Waals surface area (Å²) in [6.07, 6.45) is 5.53. The summed E-state index contributed by atoms with van der Waals surface area (Å²) in [7, 11) is 1.39. The van der Waals surface area contributed by atoms with Gasteiger partial charge in [0.2, 0.25) is 0 Å². The Morgan fingerprint density at radius 1 is 0.731 bits per heavy atom. The number of methoxy groups -OCH3 is 1. The van der Waals surface area contributed by atoms with Crippen LogP contribution in [0.2, 0.25) is 0 Å². The summed E-state index contributed by atoms with van der Waals surface area (Å²) in [4.78, 5) is 12.0. The number of carbonyl (C=O) groups is 1. The molecule has 0 saturated heterocycles. The van der Waals surface area contributed by atoms with E-state index in [1.54, 1.807) is 6.08 Å². The molecule has 0 fully saturated rings. The van der Waals surface area contributed by atoms with Gasteiger partial charge in [-0.15, -0.1) is 0 Å². The average Bonchev–Trinajstić information content (AvgIpc) is 2.72. The fourth-order valence-electron chi connectivity index (χ4n) is 2.63. The van der Waals surface area contributed by atoms with Crippen LogP contribution in [0.4, 0.5) is 0 Å². The summed E-state index contributed by atoms with van der Waals surface area (Å²) in [5, 5.41) is 0. The minimum Gasteiger partial charge on any atom is -0.465 e. The molecule has 0 aliphatic carbocycles. The van der Waals surface area contributed by atoms with Crippen LogP contribution in [0.5, 0.6) is 0 Å². The predicted molar refractivity (Wildman–Crippen MR) is 107 cm³/mol. The monoisotopic (exact) mass is 340 g/mol. The lowest BCUT2D eigenvalue weighted by Gasteiger charge is -2.03. The van der Waals surface area contributed by atoms with Gasteiger partial charge in [0.05, 0.1) is 12.7 Å². The van der Waals surface area contributed by atoms with Gasteiger partial charge in [-0.25, -0.2) is 4.79 Å². The van der Waals surface area contributed by atoms with Gasteiger partial charge in [0.15, 0.2) is 0 Å². The van der Waals surface area contributed by atoms with Crippen LogP contribution >= 0.6 is 0 Å². The Kier molecular flexibility index (Phi) is 5.79. The van der Waals surface area contributed by atoms with E-state index >= 15 is 0 Å². The van der Waals surface area contributed by atoms with Crippen molar-refractivity contribution in [1.29, 1.82) is 0 Å². The Balaban J connectivity index is 1.82. The highest BCUT2D eigenvalue weighted by atomic mass is 16.5. The zero-order chi connectivity index (χ0) is 18.2. The van der Waals surface area contributed by atoms with E-state index in [1.807, 2.05) is 72.8 Å². The van der Waals surface area contributed by atoms with Crippen molar-refractivity contribution < 1.29 is 9.53 Å². The summed E-state index contributed by atoms with van der Waals surface area (Å²) in [6.45, 7) is 0. The Morgan fingerprint density at radius 3 is 1.92 bits per heavy atom. The molecule has 0 aromatic heterocycles. The minimum absolute atomic E-state index is 0.356. The first-order valence-electron chi connectivity index (χ1n) is 8.45. The Bertz CT molecular complexity index is 905. The third kappa shape index (κ3) is 4.58. The van der Waals surface area contributed by atoms with Crippen molar-refractivity contribution in [3.8, 4) is 11.1 Å². The fourth-order valence-corrected chi connectivity index (χ4v) is 2.63. The van der Waals surface area contributed by atoms with Crippen molar-refractivity contribution in [2.24, 2.45) is 0 Å². The van der Waals surface area contributed by atoms with Crippen LogP contribution in [0.1, 0.15) is 11.1 Å². The summed E-state index contributed by atoms with van der Waals surface area (Å²) in [6, 6.07) is 28.2. The lowest BCUT2D eigenvalue weighted by molar-refractivity contribution is -0.135. The van der Waals surface area contributed by atoms with Crippen molar-refractivity contribution >= 4 is 18.1 Å². The molecular formula is C24H20O2. The first kappa shape index (κ1) is 17.4. The van der Waals surface area contributed by atoms with Gasteiger partial charge in [-0.1, -0.05) is 91.0 Å². The van der Waals surface area contributed by atoms with Crippen molar-refractivity contribution in [2.75, 3.05) is 7.11 Å². The van der Waals surface area contributed by atoms with Gasteiger partial charge in [-0.2, -0.15) is 0 Å². The topological polar surface area (TPSA) is 26.3 Å². The van der Waals surface area contributed by atoms with Gasteiger partial charge in [-0.3, -0.25) is 0 Å². The Hall–Kier alpha value is -3.39. The van der Waals surface area contributed by atoms with E-state index in [1.165, 1.54) is 12.7 Å². The standard InChI is InChI=1S/C24H20O2/c1-26-24(25)23(18-20-8-4-2-5-9-20)17-14-19-12-15-22(16-13-19)21-10-6-3-7-11-21/h2-18H,1H3/b17-14+,23-18+. The highest BCUT2D eigenvalue weighted by Gasteiger charge is 2.06. The fraction of sp³-hybridized carbons (Fsp3) is 0.0417. The van der Waals surface area contributed by atoms with Crippen molar-refractivity contribution in [3.63, 3.8) is 0 Å². The number of rotatable bonds is 5. The van der Waals surface area contributed by atoms with E-state index in [0.717, 1.165) is 16.7 Å². The third-order valence-electron chi connectivity index (χ3n) is 4.02. The largest absolute Gasteiger partial charge is 0.465 e. The normalized spacial score (nSPS) is 11.5. The molecule has 26 heavy (non-hydrogen) atoms. The SMILES string of the molecule is COC(=O)C(/C=C/c1ccc(-c2ccccc2)cc1)=C/c1ccccc1. The zero-order valence-corrected chi connectivity index (χ0v) is 14.6. The number of esters is 1. The average molecular weight is 340 g/mol. The van der Waals surface area contributed by atoms with E-state index < -0.39 is 0 Å². The first-order chi connectivity index (χ1) is 12.8. The smallest absolute Gasteiger partial charge is 0.337 e. The van der Waals surface area contributed by atoms with E-state index in [4.69, 9.17) is 4.74 Å². The molecule has 0 amide bonds. The molecule has 128 valence electrons. The van der Waals surface area contributed by atoms with Crippen molar-refractivity contribution in [2.45, 2.75) is 0 Å². The highest BCUT2D eigenvalue weighted by Crippen LogP contribution is 2.20. The summed E-state index contributed by atoms with van der Waals surface area (Å²) < 4.78 is 4.89. The molecule has 0 bridgehead atoms. The summed E-state index contributed by atoms with van der Waals surface area (Å²) in [5.74, 6) is -0.356. The quantitative estimate of drug-likeness (QED) is 0.342. The lowest BCUT2D eigenvalue weighted by atomic mass is 10.0. The predicted octanol–water partition coefficient (Wildman–Crippen LogP) is 5.62. The van der Waals surface area contributed by atoms with Crippen LogP contribution in [0.25, 0.3) is 23.3 Å². The van der Waals surface area contributed by atoms with Crippen LogP contribution in [0, 0.1) is 0 Å². The van der Waals surface area contributed by atoms with E-state index in [2.05, 4.69) is 24.3 Å². The van der Waals surface area contributed by atoms with Crippen LogP contribution < -0.4 is 0 Å². The molecule has 3 rings (SSSR count). The van der Waals surface area contributed by atoms with Gasteiger partial charge in [-0.05, 0) is 34.4 Å². The number of hydrogen-bond acceptors (Lipinski definition) is 2. The van der Waals surface area contributed by atoms with E-state index in [0.29, 0.717) is 5.57 Å². The second-order valence-electron chi connectivity index (χ2n) is 5.82. The van der Waals surface area contributed by atoms with Crippen LogP contribution in [-0.2, 0) is 9.53 Å². The van der Waals surface area contributed by atoms with Crippen LogP contribution in [0.3, 0.4) is 0 Å². The molecule has 3 aromatic carbocycles. The maximum absolute atomic E-state index is 12.0. The number of benzene rings is 3. The molecule has 0 heterocycles. The third-order valence-corrected chi connectivity index (χ3v) is 4.02. The Labute approximate surface area is 154 Å². The maximum atomic E-state index is 12.0. The molecule has 2 heteroatoms. The summed E-state index contributed by atoms with van der Waals surface area (Å²) >= 11 is 0. The molecule has 0 radical (unpaired) electrons. The van der Waals surface area contributed by atoms with Crippen molar-refractivity contribution in [3.05, 3.63) is 108 Å². The van der Waals surface area contributed by atoms with Crippen LogP contribution in [0.15, 0.2) is 96.6 Å². The van der Waals surface area contributed by atoms with Gasteiger partial charge < -0.3 is 4.74 Å². The van der Waals surface area contributed by atoms with Gasteiger partial charge in [0.1, 0.15) is 0 Å². The molecule has 0 aliphatic heterocycles. The second kappa shape index (κ2) is 8.63. The van der Waals surface area contributed by atoms with E-state index in [-0.39, 0.29) is 5.97 Å². The molecule has 0 saturated carbocycles. The molecule has 0 aliphatic rings. The molecule has 0 unspecified atom stereocenters. The maximum Gasteiger partial charge on any atom is 0.337 e. The van der Waals surface area contributed by atoms with Gasteiger partial charge in [0, 0.05) is 0 Å². The van der Waals surface area contributed by atoms with Crippen molar-refractivity contribution in [1.82, 2.24) is 0 Å². The molecular weight excluding hydrogens is 320 g/mol. The van der Waals surface area contributed by atoms with Crippen LogP contribution in [-0.4, -0.2) is 13.1 Å². The van der Waals surface area contributed by atoms with E-state index in [9.17, 15) is 4.79 Å². The molecule has 0 N–H and O–H groups in total. The molecule has 3 aromatic rings. The number of hydrogen-bond donors (Lipinski definition) is 0. The molecule has 0 spiro atoms. The van der Waals surface area contributed by atoms with Gasteiger partial charge in [0.25, 0.3) is 0 Å². The lowest BCUT2D eigenvalue weighted by Crippen LogP contribution is -2.02. The zero-order valence-electron chi connectivity index (χ0n) is 14.6. The first-order valence-corrected chi connectivity index (χ1v) is 8.45. The highest BCUT2D eigenvalue weighted by molar-refractivity contribution is 5.97. The van der Waals surface area contributed by atoms with Gasteiger partial charge >= 0.3 is 5.97 Å². The summed E-state index contributed by atoms with van der Waals surface area (Å²) in [5.41, 5.74) is 4.83. The number of carbonyl (C=O) groups excluding carboxylic acids is 1. The number of ether oxygens (including phenoxy) is 1. The molecule has 2 nitrogen and oxygen atoms in total. The Morgan fingerprint density at radius 2 is 1.31 bits per heavy atom. The molecule has 0 atom stereocenters. The second-order valence-corrected chi connectivity index (χ2v) is 5.82.